The number of carboxylic acid groups (broad SMARTS) is 1. The second-order valence-corrected chi connectivity index (χ2v) is 6.73. The lowest BCUT2D eigenvalue weighted by Gasteiger charge is -2.34. The molecule has 13 heteroatoms. The quantitative estimate of drug-likeness (QED) is 0.668. The zero-order valence-electron chi connectivity index (χ0n) is 14.9. The Morgan fingerprint density at radius 2 is 2.07 bits per heavy atom. The molecule has 2 N–H and O–H groups in total. The van der Waals surface area contributed by atoms with Gasteiger partial charge in [-0.15, -0.1) is 0 Å². The zero-order valence-corrected chi connectivity index (χ0v) is 14.9. The molecule has 1 unspecified atom stereocenters. The molecule has 0 bridgehead atoms. The molecule has 158 valence electrons. The average Bonchev–Trinajstić information content (AvgIpc) is 3.29. The van der Waals surface area contributed by atoms with Crippen LogP contribution in [0.4, 0.5) is 13.2 Å². The minimum atomic E-state index is -5.08. The highest BCUT2D eigenvalue weighted by Crippen LogP contribution is 2.31. The van der Waals surface area contributed by atoms with E-state index in [-0.39, 0.29) is 6.61 Å². The summed E-state index contributed by atoms with van der Waals surface area (Å²) in [6.45, 7) is 3.01. The van der Waals surface area contributed by atoms with Crippen molar-refractivity contribution in [1.29, 1.82) is 0 Å². The Morgan fingerprint density at radius 1 is 1.34 bits per heavy atom. The summed E-state index contributed by atoms with van der Waals surface area (Å²) < 4.78 is 44.3. The van der Waals surface area contributed by atoms with Gasteiger partial charge in [0.05, 0.1) is 19.1 Å². The second-order valence-electron chi connectivity index (χ2n) is 6.73. The van der Waals surface area contributed by atoms with E-state index in [1.54, 1.807) is 12.5 Å². The van der Waals surface area contributed by atoms with Crippen LogP contribution >= 0.6 is 0 Å². The molecule has 2 aromatic rings. The van der Waals surface area contributed by atoms with Crippen molar-refractivity contribution in [2.45, 2.75) is 37.9 Å². The standard InChI is InChI=1S/C14H16N4O4.C2HF3O2/c19-12-13(20)18-9-14(22-7-11(18)15-16-12)2-3-17(8-14)5-10-1-4-21-6-10;3-2(4,5)1(6)7/h1,4,6H,2-3,5,7-9H2,(H,16,19);(H,6,7). The maximum atomic E-state index is 12.0. The van der Waals surface area contributed by atoms with Crippen LogP contribution in [0.3, 0.4) is 0 Å². The molecular formula is C16H17F3N4O6. The number of aliphatic carboxylic acids is 1. The molecule has 0 amide bonds. The first-order valence-electron chi connectivity index (χ1n) is 8.45. The van der Waals surface area contributed by atoms with E-state index in [0.717, 1.165) is 31.6 Å². The predicted octanol–water partition coefficient (Wildman–Crippen LogP) is 0.333. The number of carbonyl (C=O) groups is 1. The van der Waals surface area contributed by atoms with Crippen molar-refractivity contribution in [3.63, 3.8) is 0 Å². The lowest BCUT2D eigenvalue weighted by atomic mass is 10.0. The number of alkyl halides is 3. The summed E-state index contributed by atoms with van der Waals surface area (Å²) in [6.07, 6.45) is -0.869. The summed E-state index contributed by atoms with van der Waals surface area (Å²) in [4.78, 5) is 34.6. The van der Waals surface area contributed by atoms with E-state index in [9.17, 15) is 22.8 Å². The molecule has 1 fully saturated rings. The fraction of sp³-hybridized carbons (Fsp3) is 0.500. The molecule has 1 atom stereocenters. The number of halogens is 3. The number of ether oxygens (including phenoxy) is 1. The molecule has 1 saturated heterocycles. The fourth-order valence-electron chi connectivity index (χ4n) is 3.24. The first-order chi connectivity index (χ1) is 13.6. The molecule has 10 nitrogen and oxygen atoms in total. The zero-order chi connectivity index (χ0) is 21.2. The first-order valence-corrected chi connectivity index (χ1v) is 8.45. The molecule has 2 aromatic heterocycles. The smallest absolute Gasteiger partial charge is 0.475 e. The topological polar surface area (TPSA) is 131 Å². The first kappa shape index (κ1) is 20.8. The average molecular weight is 418 g/mol. The van der Waals surface area contributed by atoms with E-state index in [1.165, 1.54) is 4.57 Å². The number of aromatic amines is 1. The summed E-state index contributed by atoms with van der Waals surface area (Å²) in [6, 6.07) is 1.94. The summed E-state index contributed by atoms with van der Waals surface area (Å²) in [5, 5.41) is 13.2. The monoisotopic (exact) mass is 418 g/mol. The SMILES string of the molecule is O=C(O)C(F)(F)F.O=c1[nH]nc2n(c1=O)CC1(CCN(Cc3ccoc3)C1)OC2. The van der Waals surface area contributed by atoms with Crippen LogP contribution in [0.25, 0.3) is 0 Å². The minimum Gasteiger partial charge on any atom is -0.475 e. The van der Waals surface area contributed by atoms with Crippen molar-refractivity contribution < 1.29 is 32.2 Å². The number of furan rings is 1. The second kappa shape index (κ2) is 7.83. The maximum absolute atomic E-state index is 12.0. The van der Waals surface area contributed by atoms with Crippen molar-refractivity contribution >= 4 is 5.97 Å². The number of carboxylic acids is 1. The van der Waals surface area contributed by atoms with Gasteiger partial charge < -0.3 is 14.3 Å². The van der Waals surface area contributed by atoms with Crippen molar-refractivity contribution in [2.75, 3.05) is 13.1 Å². The molecule has 4 rings (SSSR count). The van der Waals surface area contributed by atoms with Crippen molar-refractivity contribution in [3.8, 4) is 0 Å². The number of hydrogen-bond donors (Lipinski definition) is 2. The number of rotatable bonds is 2. The number of aromatic nitrogens is 3. The maximum Gasteiger partial charge on any atom is 0.490 e. The number of nitrogens with one attached hydrogen (secondary N) is 1. The number of hydrogen-bond acceptors (Lipinski definition) is 7. The lowest BCUT2D eigenvalue weighted by molar-refractivity contribution is -0.192. The van der Waals surface area contributed by atoms with Gasteiger partial charge in [0.1, 0.15) is 12.2 Å². The molecular weight excluding hydrogens is 401 g/mol. The van der Waals surface area contributed by atoms with Crippen LogP contribution in [0.15, 0.2) is 32.6 Å². The van der Waals surface area contributed by atoms with E-state index < -0.39 is 28.9 Å². The Kier molecular flexibility index (Phi) is 5.61. The Morgan fingerprint density at radius 3 is 2.69 bits per heavy atom. The third-order valence-corrected chi connectivity index (χ3v) is 4.62. The summed E-state index contributed by atoms with van der Waals surface area (Å²) in [7, 11) is 0. The van der Waals surface area contributed by atoms with Crippen LogP contribution in [0.1, 0.15) is 17.8 Å². The molecule has 1 spiro atoms. The fourth-order valence-corrected chi connectivity index (χ4v) is 3.24. The highest BCUT2D eigenvalue weighted by molar-refractivity contribution is 5.73. The highest BCUT2D eigenvalue weighted by Gasteiger charge is 2.43. The molecule has 2 aliphatic rings. The van der Waals surface area contributed by atoms with Crippen molar-refractivity contribution in [2.24, 2.45) is 0 Å². The minimum absolute atomic E-state index is 0.242. The van der Waals surface area contributed by atoms with Gasteiger partial charge in [-0.1, -0.05) is 0 Å². The van der Waals surface area contributed by atoms with E-state index in [1.807, 2.05) is 6.07 Å². The lowest BCUT2D eigenvalue weighted by Crippen LogP contribution is -2.51. The van der Waals surface area contributed by atoms with Crippen LogP contribution in [0.5, 0.6) is 0 Å². The van der Waals surface area contributed by atoms with Gasteiger partial charge in [-0.2, -0.15) is 18.3 Å². The number of fused-ring (bicyclic) bond motifs is 1. The Bertz CT molecular complexity index is 984. The third kappa shape index (κ3) is 4.74. The molecule has 29 heavy (non-hydrogen) atoms. The summed E-state index contributed by atoms with van der Waals surface area (Å²) in [5.74, 6) is -2.28. The molecule has 0 aromatic carbocycles. The Balaban J connectivity index is 0.000000298. The Hall–Kier alpha value is -2.93. The van der Waals surface area contributed by atoms with Crippen molar-refractivity contribution in [3.05, 3.63) is 50.7 Å². The van der Waals surface area contributed by atoms with Gasteiger partial charge in [0.25, 0.3) is 0 Å². The number of likely N-dealkylation sites (tertiary alicyclic amines) is 1. The van der Waals surface area contributed by atoms with E-state index in [4.69, 9.17) is 19.1 Å². The van der Waals surface area contributed by atoms with E-state index in [0.29, 0.717) is 12.4 Å². The van der Waals surface area contributed by atoms with Crippen LogP contribution in [-0.4, -0.2) is 55.6 Å². The van der Waals surface area contributed by atoms with Crippen LogP contribution < -0.4 is 11.1 Å². The molecule has 0 radical (unpaired) electrons. The van der Waals surface area contributed by atoms with E-state index in [2.05, 4.69) is 15.1 Å². The van der Waals surface area contributed by atoms with Gasteiger partial charge in [-0.25, -0.2) is 9.89 Å². The molecule has 0 aliphatic carbocycles. The van der Waals surface area contributed by atoms with Gasteiger partial charge in [-0.3, -0.25) is 19.1 Å². The highest BCUT2D eigenvalue weighted by atomic mass is 19.4. The van der Waals surface area contributed by atoms with Crippen LogP contribution in [0, 0.1) is 0 Å². The molecule has 0 saturated carbocycles. The van der Waals surface area contributed by atoms with Gasteiger partial charge in [0, 0.05) is 25.2 Å². The normalized spacial score (nSPS) is 21.5. The number of nitrogens with zero attached hydrogens (tertiary/aromatic N) is 3. The van der Waals surface area contributed by atoms with Gasteiger partial charge in [0.15, 0.2) is 5.82 Å². The van der Waals surface area contributed by atoms with Gasteiger partial charge in [0.2, 0.25) is 0 Å². The van der Waals surface area contributed by atoms with Crippen molar-refractivity contribution in [1.82, 2.24) is 19.7 Å². The Labute approximate surface area is 160 Å². The van der Waals surface area contributed by atoms with Crippen LogP contribution in [-0.2, 0) is 29.2 Å². The summed E-state index contributed by atoms with van der Waals surface area (Å²) in [5.41, 5.74) is -0.547. The number of H-pyrrole nitrogens is 1. The largest absolute Gasteiger partial charge is 0.490 e. The van der Waals surface area contributed by atoms with E-state index >= 15 is 0 Å². The summed E-state index contributed by atoms with van der Waals surface area (Å²) >= 11 is 0. The predicted molar refractivity (Wildman–Crippen MR) is 88.9 cm³/mol. The molecule has 2 aliphatic heterocycles. The molecule has 4 heterocycles. The third-order valence-electron chi connectivity index (χ3n) is 4.62. The van der Waals surface area contributed by atoms with Gasteiger partial charge >= 0.3 is 23.3 Å². The van der Waals surface area contributed by atoms with Gasteiger partial charge in [-0.05, 0) is 12.5 Å². The van der Waals surface area contributed by atoms with Crippen LogP contribution in [0.2, 0.25) is 0 Å².